The van der Waals surface area contributed by atoms with E-state index >= 15 is 0 Å². The lowest BCUT2D eigenvalue weighted by Gasteiger charge is -2.42. The predicted molar refractivity (Wildman–Crippen MR) is 108 cm³/mol. The molecule has 3 amide bonds. The van der Waals surface area contributed by atoms with Crippen LogP contribution in [-0.4, -0.2) is 64.9 Å². The Labute approximate surface area is 177 Å². The maximum absolute atomic E-state index is 13.6. The number of halogens is 2. The van der Waals surface area contributed by atoms with Gasteiger partial charge in [0.2, 0.25) is 0 Å². The minimum absolute atomic E-state index is 0.0917. The second-order valence-corrected chi connectivity index (χ2v) is 7.07. The van der Waals surface area contributed by atoms with Crippen LogP contribution in [0.2, 0.25) is 5.15 Å². The molecule has 3 rings (SSSR count). The van der Waals surface area contributed by atoms with Crippen molar-refractivity contribution in [2.75, 3.05) is 26.2 Å². The molecule has 30 heavy (non-hydrogen) atoms. The maximum atomic E-state index is 13.6. The summed E-state index contributed by atoms with van der Waals surface area (Å²) >= 11 is 5.79. The summed E-state index contributed by atoms with van der Waals surface area (Å²) < 4.78 is 13.6. The van der Waals surface area contributed by atoms with E-state index in [-0.39, 0.29) is 42.5 Å². The van der Waals surface area contributed by atoms with E-state index in [4.69, 9.17) is 17.3 Å². The molecular weight excluding hydrogens is 413 g/mol. The van der Waals surface area contributed by atoms with Crippen molar-refractivity contribution in [3.63, 3.8) is 0 Å². The highest BCUT2D eigenvalue weighted by atomic mass is 35.5. The van der Waals surface area contributed by atoms with E-state index in [1.165, 1.54) is 46.3 Å². The topological polar surface area (TPSA) is 109 Å². The fraction of sp³-hybridized carbons (Fsp3) is 0.300. The van der Waals surface area contributed by atoms with Crippen LogP contribution >= 0.6 is 11.6 Å². The van der Waals surface area contributed by atoms with Crippen LogP contribution in [0.3, 0.4) is 0 Å². The molecule has 0 spiro atoms. The summed E-state index contributed by atoms with van der Waals surface area (Å²) in [6.07, 6.45) is 0.561. The van der Waals surface area contributed by atoms with Crippen LogP contribution in [-0.2, 0) is 4.79 Å². The molecule has 2 heterocycles. The number of carbonyl (C=O) groups excluding carboxylic acids is 3. The Morgan fingerprint density at radius 1 is 1.13 bits per heavy atom. The van der Waals surface area contributed by atoms with E-state index in [0.717, 1.165) is 6.07 Å². The number of hydrogen-bond donors (Lipinski definition) is 2. The average Bonchev–Trinajstić information content (AvgIpc) is 2.76. The number of benzene rings is 1. The van der Waals surface area contributed by atoms with Gasteiger partial charge in [-0.05, 0) is 36.8 Å². The summed E-state index contributed by atoms with van der Waals surface area (Å²) in [4.78, 5) is 45.6. The average molecular weight is 434 g/mol. The van der Waals surface area contributed by atoms with Crippen LogP contribution in [0.15, 0.2) is 42.6 Å². The zero-order valence-corrected chi connectivity index (χ0v) is 16.8. The third kappa shape index (κ3) is 4.74. The molecular formula is C20H21ClFN5O3. The van der Waals surface area contributed by atoms with Crippen molar-refractivity contribution in [1.82, 2.24) is 20.1 Å². The van der Waals surface area contributed by atoms with Gasteiger partial charge in [-0.15, -0.1) is 0 Å². The molecule has 1 aliphatic heterocycles. The normalized spacial score (nSPS) is 16.3. The first-order valence-electron chi connectivity index (χ1n) is 9.39. The third-order valence-corrected chi connectivity index (χ3v) is 4.86. The minimum Gasteiger partial charge on any atom is -0.351 e. The Morgan fingerprint density at radius 2 is 1.83 bits per heavy atom. The van der Waals surface area contributed by atoms with Gasteiger partial charge in [-0.2, -0.15) is 0 Å². The minimum atomic E-state index is -1.20. The first-order chi connectivity index (χ1) is 14.4. The molecule has 1 aliphatic rings. The highest BCUT2D eigenvalue weighted by molar-refractivity contribution is 6.29. The summed E-state index contributed by atoms with van der Waals surface area (Å²) in [7, 11) is 0. The number of pyridine rings is 1. The second-order valence-electron chi connectivity index (χ2n) is 6.68. The maximum Gasteiger partial charge on any atom is 0.263 e. The molecule has 1 atom stereocenters. The Balaban J connectivity index is 1.94. The summed E-state index contributed by atoms with van der Waals surface area (Å²) in [5.41, 5.74) is 5.79. The van der Waals surface area contributed by atoms with E-state index < -0.39 is 29.7 Å². The number of nitrogens with two attached hydrogens (primary N) is 1. The zero-order chi connectivity index (χ0) is 21.7. The molecule has 1 fully saturated rings. The van der Waals surface area contributed by atoms with Crippen molar-refractivity contribution in [2.45, 2.75) is 12.6 Å². The van der Waals surface area contributed by atoms with Crippen LogP contribution < -0.4 is 11.1 Å². The molecule has 0 aliphatic carbocycles. The second kappa shape index (κ2) is 9.64. The zero-order valence-electron chi connectivity index (χ0n) is 16.1. The van der Waals surface area contributed by atoms with Gasteiger partial charge in [0, 0.05) is 37.9 Å². The van der Waals surface area contributed by atoms with Crippen molar-refractivity contribution in [3.8, 4) is 0 Å². The summed E-state index contributed by atoms with van der Waals surface area (Å²) in [6, 6.07) is 8.17. The Kier molecular flexibility index (Phi) is 6.96. The van der Waals surface area contributed by atoms with Crippen LogP contribution in [0.5, 0.6) is 0 Å². The molecule has 2 aromatic rings. The molecule has 158 valence electrons. The standard InChI is InChI=1S/C20H21ClFN5O3/c21-16-6-5-14(12-25-16)20(30)27-10-2-9-26(18(27)17(28)24-8-7-23)19(29)13-3-1-4-15(22)11-13/h1,3-6,11-12,18H,2,7-10,23H2,(H,24,28). The number of carbonyl (C=O) groups is 3. The predicted octanol–water partition coefficient (Wildman–Crippen LogP) is 1.26. The Hall–Kier alpha value is -3.04. The third-order valence-electron chi connectivity index (χ3n) is 4.63. The highest BCUT2D eigenvalue weighted by Crippen LogP contribution is 2.21. The molecule has 1 saturated heterocycles. The molecule has 1 aromatic carbocycles. The molecule has 10 heteroatoms. The van der Waals surface area contributed by atoms with E-state index in [1.807, 2.05) is 0 Å². The SMILES string of the molecule is NCCNC(=O)C1N(C(=O)c2ccc(Cl)nc2)CCCN1C(=O)c1cccc(F)c1. The molecule has 1 unspecified atom stereocenters. The van der Waals surface area contributed by atoms with Crippen LogP contribution in [0.1, 0.15) is 27.1 Å². The lowest BCUT2D eigenvalue weighted by molar-refractivity contribution is -0.132. The summed E-state index contributed by atoms with van der Waals surface area (Å²) in [5, 5.41) is 2.86. The highest BCUT2D eigenvalue weighted by Gasteiger charge is 2.40. The van der Waals surface area contributed by atoms with E-state index in [0.29, 0.717) is 6.42 Å². The van der Waals surface area contributed by atoms with Crippen molar-refractivity contribution in [1.29, 1.82) is 0 Å². The van der Waals surface area contributed by atoms with Gasteiger partial charge in [0.1, 0.15) is 11.0 Å². The van der Waals surface area contributed by atoms with Gasteiger partial charge in [-0.25, -0.2) is 9.37 Å². The molecule has 0 bridgehead atoms. The van der Waals surface area contributed by atoms with Gasteiger partial charge < -0.3 is 20.9 Å². The van der Waals surface area contributed by atoms with Gasteiger partial charge in [0.05, 0.1) is 5.56 Å². The van der Waals surface area contributed by atoms with Gasteiger partial charge >= 0.3 is 0 Å². The Bertz CT molecular complexity index is 940. The van der Waals surface area contributed by atoms with Gasteiger partial charge in [-0.1, -0.05) is 17.7 Å². The fourth-order valence-electron chi connectivity index (χ4n) is 3.27. The van der Waals surface area contributed by atoms with Crippen molar-refractivity contribution >= 4 is 29.3 Å². The number of nitrogens with one attached hydrogen (secondary N) is 1. The van der Waals surface area contributed by atoms with E-state index in [9.17, 15) is 18.8 Å². The fourth-order valence-corrected chi connectivity index (χ4v) is 3.39. The Morgan fingerprint density at radius 3 is 2.43 bits per heavy atom. The lowest BCUT2D eigenvalue weighted by atomic mass is 10.1. The first-order valence-corrected chi connectivity index (χ1v) is 9.77. The number of amides is 3. The van der Waals surface area contributed by atoms with Crippen molar-refractivity contribution < 1.29 is 18.8 Å². The van der Waals surface area contributed by atoms with Crippen LogP contribution in [0, 0.1) is 5.82 Å². The number of aromatic nitrogens is 1. The largest absolute Gasteiger partial charge is 0.351 e. The van der Waals surface area contributed by atoms with E-state index in [1.54, 1.807) is 0 Å². The van der Waals surface area contributed by atoms with Crippen molar-refractivity contribution in [2.24, 2.45) is 5.73 Å². The molecule has 3 N–H and O–H groups in total. The van der Waals surface area contributed by atoms with Gasteiger partial charge in [-0.3, -0.25) is 14.4 Å². The van der Waals surface area contributed by atoms with Crippen molar-refractivity contribution in [3.05, 3.63) is 64.7 Å². The number of nitrogens with zero attached hydrogens (tertiary/aromatic N) is 3. The molecule has 0 saturated carbocycles. The monoisotopic (exact) mass is 433 g/mol. The number of hydrogen-bond acceptors (Lipinski definition) is 5. The van der Waals surface area contributed by atoms with Gasteiger partial charge in [0.15, 0.2) is 6.17 Å². The number of rotatable bonds is 5. The summed E-state index contributed by atoms with van der Waals surface area (Å²) in [5.74, 6) is -2.12. The van der Waals surface area contributed by atoms with Crippen LogP contribution in [0.25, 0.3) is 0 Å². The molecule has 8 nitrogen and oxygen atoms in total. The lowest BCUT2D eigenvalue weighted by Crippen LogP contribution is -2.63. The molecule has 0 radical (unpaired) electrons. The quantitative estimate of drug-likeness (QED) is 0.690. The summed E-state index contributed by atoms with van der Waals surface area (Å²) in [6.45, 7) is 0.876. The van der Waals surface area contributed by atoms with E-state index in [2.05, 4.69) is 10.3 Å². The van der Waals surface area contributed by atoms with Gasteiger partial charge in [0.25, 0.3) is 17.7 Å². The smallest absolute Gasteiger partial charge is 0.263 e. The molecule has 1 aromatic heterocycles. The first kappa shape index (κ1) is 21.7. The van der Waals surface area contributed by atoms with Crippen LogP contribution in [0.4, 0.5) is 4.39 Å².